The van der Waals surface area contributed by atoms with Gasteiger partial charge in [-0.1, -0.05) is 6.07 Å². The fraction of sp³-hybridized carbons (Fsp3) is 0.353. The van der Waals surface area contributed by atoms with Crippen molar-refractivity contribution in [2.45, 2.75) is 27.7 Å². The van der Waals surface area contributed by atoms with Crippen LogP contribution in [-0.4, -0.2) is 29.0 Å². The monoisotopic (exact) mass is 298 g/mol. The van der Waals surface area contributed by atoms with Crippen LogP contribution < -0.4 is 10.2 Å². The van der Waals surface area contributed by atoms with Gasteiger partial charge in [-0.2, -0.15) is 0 Å². The molecule has 0 unspecified atom stereocenters. The van der Waals surface area contributed by atoms with E-state index in [4.69, 9.17) is 0 Å². The van der Waals surface area contributed by atoms with Crippen molar-refractivity contribution in [3.8, 4) is 0 Å². The quantitative estimate of drug-likeness (QED) is 0.921. The van der Waals surface area contributed by atoms with Crippen molar-refractivity contribution in [3.05, 3.63) is 47.4 Å². The molecule has 116 valence electrons. The lowest BCUT2D eigenvalue weighted by Crippen LogP contribution is -2.23. The summed E-state index contributed by atoms with van der Waals surface area (Å²) in [5.74, 6) is 0.538. The van der Waals surface area contributed by atoms with Crippen molar-refractivity contribution in [2.75, 3.05) is 23.3 Å². The second-order valence-corrected chi connectivity index (χ2v) is 5.26. The fourth-order valence-corrected chi connectivity index (χ4v) is 2.39. The number of benzene rings is 1. The Balaban J connectivity index is 2.12. The lowest BCUT2D eigenvalue weighted by molar-refractivity contribution is 0.102. The average molecular weight is 298 g/mol. The molecule has 5 nitrogen and oxygen atoms in total. The number of amides is 1. The van der Waals surface area contributed by atoms with Gasteiger partial charge >= 0.3 is 0 Å². The number of anilines is 2. The summed E-state index contributed by atoms with van der Waals surface area (Å²) in [7, 11) is 0. The summed E-state index contributed by atoms with van der Waals surface area (Å²) in [5.41, 5.74) is 3.31. The van der Waals surface area contributed by atoms with Crippen LogP contribution in [0.3, 0.4) is 0 Å². The molecule has 2 aromatic rings. The smallest absolute Gasteiger partial charge is 0.275 e. The van der Waals surface area contributed by atoms with Gasteiger partial charge in [0.05, 0.1) is 12.4 Å². The van der Waals surface area contributed by atoms with Crippen LogP contribution in [0.25, 0.3) is 0 Å². The first-order valence-corrected chi connectivity index (χ1v) is 7.50. The van der Waals surface area contributed by atoms with E-state index in [2.05, 4.69) is 40.1 Å². The van der Waals surface area contributed by atoms with Crippen molar-refractivity contribution in [1.82, 2.24) is 9.97 Å². The van der Waals surface area contributed by atoms with E-state index < -0.39 is 0 Å². The predicted molar refractivity (Wildman–Crippen MR) is 89.5 cm³/mol. The van der Waals surface area contributed by atoms with Gasteiger partial charge in [0.25, 0.3) is 5.91 Å². The maximum absolute atomic E-state index is 12.2. The normalized spacial score (nSPS) is 10.4. The number of nitrogens with one attached hydrogen (secondary N) is 1. The van der Waals surface area contributed by atoms with Gasteiger partial charge in [0.1, 0.15) is 11.5 Å². The van der Waals surface area contributed by atoms with Crippen molar-refractivity contribution in [3.63, 3.8) is 0 Å². The molecule has 0 saturated heterocycles. The van der Waals surface area contributed by atoms with Crippen molar-refractivity contribution in [2.24, 2.45) is 0 Å². The third-order valence-electron chi connectivity index (χ3n) is 3.44. The molecule has 0 radical (unpaired) electrons. The summed E-state index contributed by atoms with van der Waals surface area (Å²) >= 11 is 0. The zero-order valence-corrected chi connectivity index (χ0v) is 13.6. The number of hydrogen-bond acceptors (Lipinski definition) is 4. The first-order valence-electron chi connectivity index (χ1n) is 7.50. The Morgan fingerprint density at radius 1 is 1.05 bits per heavy atom. The molecule has 1 aromatic carbocycles. The minimum atomic E-state index is -0.247. The summed E-state index contributed by atoms with van der Waals surface area (Å²) < 4.78 is 0. The molecular weight excluding hydrogens is 276 g/mol. The molecule has 0 atom stereocenters. The van der Waals surface area contributed by atoms with E-state index in [1.165, 1.54) is 6.20 Å². The summed E-state index contributed by atoms with van der Waals surface area (Å²) in [5, 5.41) is 2.86. The molecular formula is C17H22N4O. The Kier molecular flexibility index (Phi) is 5.09. The number of carbonyl (C=O) groups excluding carboxylic acids is 1. The van der Waals surface area contributed by atoms with Crippen LogP contribution >= 0.6 is 0 Å². The van der Waals surface area contributed by atoms with Gasteiger partial charge < -0.3 is 10.2 Å². The van der Waals surface area contributed by atoms with Gasteiger partial charge in [0.2, 0.25) is 0 Å². The topological polar surface area (TPSA) is 58.1 Å². The average Bonchev–Trinajstić information content (AvgIpc) is 2.48. The third kappa shape index (κ3) is 3.81. The molecule has 0 bridgehead atoms. The molecule has 5 heteroatoms. The van der Waals surface area contributed by atoms with E-state index in [1.54, 1.807) is 6.20 Å². The van der Waals surface area contributed by atoms with E-state index in [0.717, 1.165) is 35.7 Å². The van der Waals surface area contributed by atoms with Crippen molar-refractivity contribution >= 4 is 17.4 Å². The largest absolute Gasteiger partial charge is 0.356 e. The van der Waals surface area contributed by atoms with Crippen LogP contribution in [-0.2, 0) is 0 Å². The van der Waals surface area contributed by atoms with Gasteiger partial charge in [-0.25, -0.2) is 9.97 Å². The van der Waals surface area contributed by atoms with E-state index in [0.29, 0.717) is 5.69 Å². The molecule has 0 fully saturated rings. The Bertz CT molecular complexity index is 628. The van der Waals surface area contributed by atoms with E-state index in [-0.39, 0.29) is 5.91 Å². The van der Waals surface area contributed by atoms with Gasteiger partial charge in [0, 0.05) is 18.8 Å². The van der Waals surface area contributed by atoms with Gasteiger partial charge in [0.15, 0.2) is 0 Å². The molecule has 2 rings (SSSR count). The second kappa shape index (κ2) is 7.02. The summed E-state index contributed by atoms with van der Waals surface area (Å²) in [4.78, 5) is 22.9. The number of nitrogens with zero attached hydrogens (tertiary/aromatic N) is 3. The van der Waals surface area contributed by atoms with Gasteiger partial charge in [-0.15, -0.1) is 0 Å². The second-order valence-electron chi connectivity index (χ2n) is 5.26. The van der Waals surface area contributed by atoms with Crippen molar-refractivity contribution < 1.29 is 4.79 Å². The van der Waals surface area contributed by atoms with Crippen LogP contribution in [0, 0.1) is 13.8 Å². The number of hydrogen-bond donors (Lipinski definition) is 1. The standard InChI is InChI=1S/C17H22N4O/c1-5-21(6-2)16-11-18-15(10-19-16)17(22)20-14-8-12(3)7-13(4)9-14/h7-11H,5-6H2,1-4H3,(H,20,22). The number of rotatable bonds is 5. The molecule has 0 aliphatic carbocycles. The van der Waals surface area contributed by atoms with Crippen LogP contribution in [0.4, 0.5) is 11.5 Å². The maximum Gasteiger partial charge on any atom is 0.275 e. The molecule has 0 saturated carbocycles. The molecule has 0 aliphatic heterocycles. The Hall–Kier alpha value is -2.43. The van der Waals surface area contributed by atoms with Crippen LogP contribution in [0.15, 0.2) is 30.6 Å². The minimum absolute atomic E-state index is 0.247. The number of aryl methyl sites for hydroxylation is 2. The lowest BCUT2D eigenvalue weighted by atomic mass is 10.1. The summed E-state index contributed by atoms with van der Waals surface area (Å²) in [6, 6.07) is 5.93. The molecule has 0 spiro atoms. The zero-order chi connectivity index (χ0) is 16.1. The molecule has 1 heterocycles. The third-order valence-corrected chi connectivity index (χ3v) is 3.44. The fourth-order valence-electron chi connectivity index (χ4n) is 2.39. The zero-order valence-electron chi connectivity index (χ0n) is 13.6. The highest BCUT2D eigenvalue weighted by Crippen LogP contribution is 2.15. The number of aromatic nitrogens is 2. The highest BCUT2D eigenvalue weighted by atomic mass is 16.1. The number of carbonyl (C=O) groups is 1. The van der Waals surface area contributed by atoms with E-state index in [9.17, 15) is 4.79 Å². The van der Waals surface area contributed by atoms with Gasteiger partial charge in [-0.3, -0.25) is 4.79 Å². The maximum atomic E-state index is 12.2. The first-order chi connectivity index (χ1) is 10.5. The highest BCUT2D eigenvalue weighted by Gasteiger charge is 2.10. The van der Waals surface area contributed by atoms with Gasteiger partial charge in [-0.05, 0) is 51.0 Å². The van der Waals surface area contributed by atoms with Crippen LogP contribution in [0.2, 0.25) is 0 Å². The SMILES string of the molecule is CCN(CC)c1cnc(C(=O)Nc2cc(C)cc(C)c2)cn1. The van der Waals surface area contributed by atoms with E-state index in [1.807, 2.05) is 26.0 Å². The summed E-state index contributed by atoms with van der Waals surface area (Å²) in [6.45, 7) is 9.85. The highest BCUT2D eigenvalue weighted by molar-refractivity contribution is 6.02. The van der Waals surface area contributed by atoms with Crippen LogP contribution in [0.5, 0.6) is 0 Å². The molecule has 1 N–H and O–H groups in total. The Morgan fingerprint density at radius 2 is 1.68 bits per heavy atom. The first kappa shape index (κ1) is 15.9. The Morgan fingerprint density at radius 3 is 2.18 bits per heavy atom. The van der Waals surface area contributed by atoms with E-state index >= 15 is 0 Å². The predicted octanol–water partition coefficient (Wildman–Crippen LogP) is 3.19. The Labute approximate surface area is 131 Å². The van der Waals surface area contributed by atoms with Crippen molar-refractivity contribution in [1.29, 1.82) is 0 Å². The summed E-state index contributed by atoms with van der Waals surface area (Å²) in [6.07, 6.45) is 3.16. The lowest BCUT2D eigenvalue weighted by Gasteiger charge is -2.19. The molecule has 0 aliphatic rings. The van der Waals surface area contributed by atoms with Crippen LogP contribution in [0.1, 0.15) is 35.5 Å². The molecule has 1 aromatic heterocycles. The molecule has 1 amide bonds. The molecule has 22 heavy (non-hydrogen) atoms. The minimum Gasteiger partial charge on any atom is -0.356 e.